The minimum absolute atomic E-state index is 0.130. The number of hydrogen-bond donors (Lipinski definition) is 1. The fourth-order valence-corrected chi connectivity index (χ4v) is 5.40. The number of amides is 1. The fraction of sp³-hybridized carbons (Fsp3) is 0.286. The third kappa shape index (κ3) is 5.22. The number of ether oxygens (including phenoxy) is 1. The molecule has 0 spiro atoms. The van der Waals surface area contributed by atoms with E-state index in [2.05, 4.69) is 14.7 Å². The van der Waals surface area contributed by atoms with Crippen LogP contribution in [0.1, 0.15) is 47.1 Å². The molecule has 0 bridgehead atoms. The first-order chi connectivity index (χ1) is 18.7. The van der Waals surface area contributed by atoms with Gasteiger partial charge in [-0.3, -0.25) is 4.79 Å². The minimum Gasteiger partial charge on any atom is -0.406 e. The molecule has 0 radical (unpaired) electrons. The van der Waals surface area contributed by atoms with Crippen LogP contribution in [-0.2, 0) is 11.7 Å². The summed E-state index contributed by atoms with van der Waals surface area (Å²) in [5.74, 6) is -0.511. The van der Waals surface area contributed by atoms with Gasteiger partial charge in [0, 0.05) is 12.1 Å². The number of aromatic nitrogens is 2. The third-order valence-corrected chi connectivity index (χ3v) is 7.37. The van der Waals surface area contributed by atoms with Crippen molar-refractivity contribution in [1.29, 1.82) is 0 Å². The van der Waals surface area contributed by atoms with Gasteiger partial charge < -0.3 is 14.6 Å². The van der Waals surface area contributed by atoms with Crippen LogP contribution < -0.4 is 4.74 Å². The standard InChI is InChI=1S/C28H22ClF6N3O2/c1-15-7-8-18(16-5-3-6-17(12-16)40-28(33,34)35)19(11-15)24(39)38-10-4-9-26(38,2)25-36-22-13-20(27(30,31)32)21(29)14-23(22)37-25/h3,5-8,11-14H,4,9-10H2,1-2H3,(H,36,37). The van der Waals surface area contributed by atoms with Crippen LogP contribution in [0.5, 0.6) is 5.75 Å². The second kappa shape index (κ2) is 9.72. The molecule has 1 aliphatic rings. The number of carbonyl (C=O) groups excluding carboxylic acids is 1. The topological polar surface area (TPSA) is 58.2 Å². The molecule has 0 aliphatic carbocycles. The van der Waals surface area contributed by atoms with Crippen LogP contribution in [0, 0.1) is 6.92 Å². The van der Waals surface area contributed by atoms with Gasteiger partial charge in [-0.2, -0.15) is 13.2 Å². The second-order valence-corrected chi connectivity index (χ2v) is 10.3. The van der Waals surface area contributed by atoms with E-state index < -0.39 is 40.3 Å². The normalized spacial score (nSPS) is 18.0. The first kappa shape index (κ1) is 27.8. The molecule has 1 aromatic heterocycles. The summed E-state index contributed by atoms with van der Waals surface area (Å²) in [7, 11) is 0. The molecule has 1 saturated heterocycles. The SMILES string of the molecule is Cc1ccc(-c2cccc(OC(F)(F)F)c2)c(C(=O)N2CCCC2(C)c2nc3cc(Cl)c(C(F)(F)F)cc3[nH]2)c1. The van der Waals surface area contributed by atoms with Crippen LogP contribution >= 0.6 is 11.6 Å². The van der Waals surface area contributed by atoms with Crippen molar-refractivity contribution in [2.75, 3.05) is 6.54 Å². The molecular weight excluding hydrogens is 560 g/mol. The summed E-state index contributed by atoms with van der Waals surface area (Å²) in [5, 5.41) is -0.483. The molecule has 5 nitrogen and oxygen atoms in total. The van der Waals surface area contributed by atoms with Crippen molar-refractivity contribution in [3.8, 4) is 16.9 Å². The molecule has 1 unspecified atom stereocenters. The van der Waals surface area contributed by atoms with Crippen LogP contribution in [0.25, 0.3) is 22.2 Å². The van der Waals surface area contributed by atoms with Crippen molar-refractivity contribution in [1.82, 2.24) is 14.9 Å². The van der Waals surface area contributed by atoms with Gasteiger partial charge in [-0.05, 0) is 68.1 Å². The van der Waals surface area contributed by atoms with E-state index in [4.69, 9.17) is 11.6 Å². The number of aryl methyl sites for hydroxylation is 1. The Morgan fingerprint density at radius 3 is 2.52 bits per heavy atom. The number of likely N-dealkylation sites (tertiary alicyclic amines) is 1. The number of fused-ring (bicyclic) bond motifs is 1. The van der Waals surface area contributed by atoms with Crippen molar-refractivity contribution in [2.24, 2.45) is 0 Å². The lowest BCUT2D eigenvalue weighted by Crippen LogP contribution is -2.43. The van der Waals surface area contributed by atoms with Crippen molar-refractivity contribution >= 4 is 28.5 Å². The zero-order valence-electron chi connectivity index (χ0n) is 21.2. The first-order valence-corrected chi connectivity index (χ1v) is 12.6. The van der Waals surface area contributed by atoms with Gasteiger partial charge in [-0.25, -0.2) is 4.98 Å². The fourth-order valence-electron chi connectivity index (χ4n) is 5.13. The molecule has 5 rings (SSSR count). The maximum absolute atomic E-state index is 14.1. The highest BCUT2D eigenvalue weighted by molar-refractivity contribution is 6.32. The van der Waals surface area contributed by atoms with E-state index in [1.807, 2.05) is 0 Å². The van der Waals surface area contributed by atoms with E-state index in [-0.39, 0.29) is 16.6 Å². The van der Waals surface area contributed by atoms with E-state index in [0.29, 0.717) is 36.3 Å². The molecule has 1 fully saturated rings. The van der Waals surface area contributed by atoms with Crippen molar-refractivity contribution in [2.45, 2.75) is 44.8 Å². The maximum atomic E-state index is 14.1. The van der Waals surface area contributed by atoms with Gasteiger partial charge in [-0.15, -0.1) is 13.2 Å². The van der Waals surface area contributed by atoms with E-state index in [1.165, 1.54) is 18.2 Å². The lowest BCUT2D eigenvalue weighted by Gasteiger charge is -2.34. The molecule has 1 N–H and O–H groups in total. The van der Waals surface area contributed by atoms with Crippen molar-refractivity contribution in [3.63, 3.8) is 0 Å². The number of imidazole rings is 1. The summed E-state index contributed by atoms with van der Waals surface area (Å²) in [6, 6.07) is 12.4. The Hall–Kier alpha value is -3.73. The number of carbonyl (C=O) groups is 1. The monoisotopic (exact) mass is 581 g/mol. The van der Waals surface area contributed by atoms with Crippen LogP contribution in [0.15, 0.2) is 54.6 Å². The van der Waals surface area contributed by atoms with Crippen molar-refractivity contribution in [3.05, 3.63) is 82.1 Å². The van der Waals surface area contributed by atoms with Gasteiger partial charge >= 0.3 is 12.5 Å². The molecule has 3 aromatic carbocycles. The lowest BCUT2D eigenvalue weighted by molar-refractivity contribution is -0.274. The number of halogens is 7. The highest BCUT2D eigenvalue weighted by Crippen LogP contribution is 2.42. The Morgan fingerprint density at radius 1 is 1.07 bits per heavy atom. The van der Waals surface area contributed by atoms with E-state index in [0.717, 1.165) is 17.7 Å². The Balaban J connectivity index is 1.55. The number of nitrogens with zero attached hydrogens (tertiary/aromatic N) is 2. The van der Waals surface area contributed by atoms with E-state index in [9.17, 15) is 31.1 Å². The highest BCUT2D eigenvalue weighted by atomic mass is 35.5. The summed E-state index contributed by atoms with van der Waals surface area (Å²) in [4.78, 5) is 23.1. The molecule has 210 valence electrons. The molecule has 12 heteroatoms. The van der Waals surface area contributed by atoms with Gasteiger partial charge in [0.2, 0.25) is 0 Å². The second-order valence-electron chi connectivity index (χ2n) is 9.89. The smallest absolute Gasteiger partial charge is 0.406 e. The van der Waals surface area contributed by atoms with Crippen LogP contribution in [0.3, 0.4) is 0 Å². The van der Waals surface area contributed by atoms with Crippen LogP contribution in [0.4, 0.5) is 26.3 Å². The van der Waals surface area contributed by atoms with Gasteiger partial charge in [0.15, 0.2) is 0 Å². The van der Waals surface area contributed by atoms with E-state index in [1.54, 1.807) is 43.0 Å². The zero-order chi connectivity index (χ0) is 29.0. The molecule has 1 aliphatic heterocycles. The zero-order valence-corrected chi connectivity index (χ0v) is 21.9. The predicted molar refractivity (Wildman–Crippen MR) is 137 cm³/mol. The number of aromatic amines is 1. The largest absolute Gasteiger partial charge is 0.573 e. The van der Waals surface area contributed by atoms with Crippen LogP contribution in [0.2, 0.25) is 5.02 Å². The molecule has 1 atom stereocenters. The molecule has 4 aromatic rings. The Labute approximate surface area is 229 Å². The van der Waals surface area contributed by atoms with Gasteiger partial charge in [0.25, 0.3) is 5.91 Å². The average Bonchev–Trinajstić information content (AvgIpc) is 3.45. The number of benzene rings is 3. The predicted octanol–water partition coefficient (Wildman–Crippen LogP) is 8.26. The van der Waals surface area contributed by atoms with Gasteiger partial charge in [0.1, 0.15) is 11.6 Å². The number of hydrogen-bond acceptors (Lipinski definition) is 3. The van der Waals surface area contributed by atoms with Crippen molar-refractivity contribution < 1.29 is 35.9 Å². The maximum Gasteiger partial charge on any atom is 0.573 e. The molecule has 40 heavy (non-hydrogen) atoms. The van der Waals surface area contributed by atoms with Gasteiger partial charge in [-0.1, -0.05) is 41.4 Å². The number of nitrogens with one attached hydrogen (secondary N) is 1. The summed E-state index contributed by atoms with van der Waals surface area (Å²) < 4.78 is 82.7. The third-order valence-electron chi connectivity index (χ3n) is 7.06. The highest BCUT2D eigenvalue weighted by Gasteiger charge is 2.44. The van der Waals surface area contributed by atoms with Crippen LogP contribution in [-0.4, -0.2) is 33.7 Å². The quantitative estimate of drug-likeness (QED) is 0.247. The summed E-state index contributed by atoms with van der Waals surface area (Å²) in [5.41, 5.74) is 0.138. The number of rotatable bonds is 4. The summed E-state index contributed by atoms with van der Waals surface area (Å²) in [6.45, 7) is 3.90. The summed E-state index contributed by atoms with van der Waals surface area (Å²) in [6.07, 6.45) is -8.45. The lowest BCUT2D eigenvalue weighted by atomic mass is 9.94. The molecule has 0 saturated carbocycles. The first-order valence-electron chi connectivity index (χ1n) is 12.2. The number of alkyl halides is 6. The van der Waals surface area contributed by atoms with Gasteiger partial charge in [0.05, 0.1) is 27.2 Å². The summed E-state index contributed by atoms with van der Waals surface area (Å²) >= 11 is 5.88. The Bertz CT molecular complexity index is 1610. The van der Waals surface area contributed by atoms with E-state index >= 15 is 0 Å². The average molecular weight is 582 g/mol. The molecule has 2 heterocycles. The molecular formula is C28H22ClF6N3O2. The minimum atomic E-state index is -4.88. The molecule has 1 amide bonds. The number of H-pyrrole nitrogens is 1. The Kier molecular flexibility index (Phi) is 6.76. The Morgan fingerprint density at radius 2 is 1.82 bits per heavy atom.